The average molecular weight is 343 g/mol. The van der Waals surface area contributed by atoms with Gasteiger partial charge in [-0.1, -0.05) is 6.07 Å². The molecule has 0 spiro atoms. The van der Waals surface area contributed by atoms with E-state index in [9.17, 15) is 8.42 Å². The van der Waals surface area contributed by atoms with Crippen molar-refractivity contribution >= 4 is 20.8 Å². The minimum absolute atomic E-state index is 0.241. The quantitative estimate of drug-likeness (QED) is 0.924. The molecule has 0 unspecified atom stereocenters. The number of methoxy groups -OCH3 is 1. The SMILES string of the molecule is COc1ccc(C2=C(C)C(=NCc3ccccn3)NS2(=O)=O)cc1. The molecule has 0 radical (unpaired) electrons. The molecule has 1 N–H and O–H groups in total. The Hall–Kier alpha value is -2.67. The van der Waals surface area contributed by atoms with E-state index in [1.807, 2.05) is 18.2 Å². The number of amidine groups is 1. The van der Waals surface area contributed by atoms with E-state index in [-0.39, 0.29) is 4.91 Å². The minimum atomic E-state index is -3.62. The summed E-state index contributed by atoms with van der Waals surface area (Å²) in [6, 6.07) is 12.4. The van der Waals surface area contributed by atoms with Crippen molar-refractivity contribution < 1.29 is 13.2 Å². The van der Waals surface area contributed by atoms with Gasteiger partial charge in [0.2, 0.25) is 0 Å². The summed E-state index contributed by atoms with van der Waals surface area (Å²) in [5.41, 5.74) is 1.97. The van der Waals surface area contributed by atoms with Gasteiger partial charge in [-0.3, -0.25) is 14.7 Å². The second kappa shape index (κ2) is 6.45. The number of ether oxygens (including phenoxy) is 1. The maximum absolute atomic E-state index is 12.5. The summed E-state index contributed by atoms with van der Waals surface area (Å²) in [7, 11) is -2.06. The summed E-state index contributed by atoms with van der Waals surface area (Å²) in [5, 5.41) is 0. The second-order valence-corrected chi connectivity index (χ2v) is 6.89. The molecule has 0 bridgehead atoms. The van der Waals surface area contributed by atoms with E-state index in [4.69, 9.17) is 4.74 Å². The van der Waals surface area contributed by atoms with Gasteiger partial charge < -0.3 is 4.74 Å². The topological polar surface area (TPSA) is 80.7 Å². The number of sulfonamides is 1. The van der Waals surface area contributed by atoms with Crippen LogP contribution in [0.25, 0.3) is 4.91 Å². The summed E-state index contributed by atoms with van der Waals surface area (Å²) < 4.78 is 32.5. The fourth-order valence-corrected chi connectivity index (χ4v) is 4.00. The first-order valence-electron chi connectivity index (χ1n) is 7.34. The maximum atomic E-state index is 12.5. The van der Waals surface area contributed by atoms with Crippen LogP contribution in [0.1, 0.15) is 18.2 Å². The molecule has 2 aromatic rings. The van der Waals surface area contributed by atoms with E-state index in [0.717, 1.165) is 5.69 Å². The molecule has 0 fully saturated rings. The van der Waals surface area contributed by atoms with Crippen LogP contribution >= 0.6 is 0 Å². The van der Waals surface area contributed by atoms with Crippen LogP contribution < -0.4 is 9.46 Å². The van der Waals surface area contributed by atoms with Crippen molar-refractivity contribution in [2.45, 2.75) is 13.5 Å². The van der Waals surface area contributed by atoms with Crippen molar-refractivity contribution in [3.8, 4) is 5.75 Å². The lowest BCUT2D eigenvalue weighted by Crippen LogP contribution is -2.23. The molecule has 1 aromatic carbocycles. The number of hydrogen-bond donors (Lipinski definition) is 1. The number of pyridine rings is 1. The number of benzene rings is 1. The summed E-state index contributed by atoms with van der Waals surface area (Å²) in [5.74, 6) is 1.02. The predicted molar refractivity (Wildman–Crippen MR) is 93.0 cm³/mol. The van der Waals surface area contributed by atoms with Gasteiger partial charge in [0.15, 0.2) is 0 Å². The normalized spacial score (nSPS) is 17.8. The lowest BCUT2D eigenvalue weighted by Gasteiger charge is -2.04. The molecule has 6 nitrogen and oxygen atoms in total. The van der Waals surface area contributed by atoms with Gasteiger partial charge in [0.25, 0.3) is 10.0 Å². The molecule has 0 aliphatic carbocycles. The van der Waals surface area contributed by atoms with Gasteiger partial charge in [0, 0.05) is 11.8 Å². The first-order chi connectivity index (χ1) is 11.5. The van der Waals surface area contributed by atoms with Crippen LogP contribution in [0.5, 0.6) is 5.75 Å². The summed E-state index contributed by atoms with van der Waals surface area (Å²) in [4.78, 5) is 8.78. The van der Waals surface area contributed by atoms with Gasteiger partial charge in [-0.25, -0.2) is 8.42 Å². The highest BCUT2D eigenvalue weighted by atomic mass is 32.2. The van der Waals surface area contributed by atoms with Crippen LogP contribution in [-0.4, -0.2) is 26.3 Å². The lowest BCUT2D eigenvalue weighted by molar-refractivity contribution is 0.415. The molecule has 1 aliphatic heterocycles. The van der Waals surface area contributed by atoms with Crippen LogP contribution in [0, 0.1) is 0 Å². The molecular weight excluding hydrogens is 326 g/mol. The Labute approximate surface area is 141 Å². The highest BCUT2D eigenvalue weighted by Gasteiger charge is 2.32. The molecule has 0 amide bonds. The van der Waals surface area contributed by atoms with Crippen molar-refractivity contribution in [1.29, 1.82) is 0 Å². The smallest absolute Gasteiger partial charge is 0.264 e. The van der Waals surface area contributed by atoms with Gasteiger partial charge in [-0.05, 0) is 48.9 Å². The zero-order chi connectivity index (χ0) is 17.2. The van der Waals surface area contributed by atoms with Gasteiger partial charge >= 0.3 is 0 Å². The molecule has 24 heavy (non-hydrogen) atoms. The largest absolute Gasteiger partial charge is 0.497 e. The van der Waals surface area contributed by atoms with Gasteiger partial charge in [0.05, 0.1) is 19.3 Å². The Morgan fingerprint density at radius 3 is 2.54 bits per heavy atom. The van der Waals surface area contributed by atoms with Crippen LogP contribution in [-0.2, 0) is 16.6 Å². The molecule has 2 heterocycles. The zero-order valence-electron chi connectivity index (χ0n) is 13.4. The van der Waals surface area contributed by atoms with Gasteiger partial charge in [-0.2, -0.15) is 0 Å². The van der Waals surface area contributed by atoms with Crippen molar-refractivity contribution in [2.75, 3.05) is 7.11 Å². The number of nitrogens with zero attached hydrogens (tertiary/aromatic N) is 2. The fourth-order valence-electron chi connectivity index (χ4n) is 2.48. The van der Waals surface area contributed by atoms with E-state index in [2.05, 4.69) is 14.7 Å². The number of aliphatic imine (C=N–C) groups is 1. The van der Waals surface area contributed by atoms with E-state index in [1.54, 1.807) is 44.5 Å². The third-order valence-corrected chi connectivity index (χ3v) is 5.21. The highest BCUT2D eigenvalue weighted by molar-refractivity contribution is 8.00. The van der Waals surface area contributed by atoms with Gasteiger partial charge in [0.1, 0.15) is 16.5 Å². The Bertz CT molecular complexity index is 902. The van der Waals surface area contributed by atoms with Gasteiger partial charge in [-0.15, -0.1) is 0 Å². The van der Waals surface area contributed by atoms with Crippen molar-refractivity contribution in [3.63, 3.8) is 0 Å². The Morgan fingerprint density at radius 1 is 1.17 bits per heavy atom. The molecule has 0 saturated carbocycles. The molecule has 0 atom stereocenters. The predicted octanol–water partition coefficient (Wildman–Crippen LogP) is 2.35. The second-order valence-electron chi connectivity index (χ2n) is 5.27. The lowest BCUT2D eigenvalue weighted by atomic mass is 10.1. The standard InChI is InChI=1S/C17H17N3O3S/c1-12-16(13-6-8-15(23-2)9-7-13)24(21,22)20-17(12)19-11-14-5-3-4-10-18-14/h3-10H,11H2,1-2H3,(H,19,20). The number of rotatable bonds is 4. The van der Waals surface area contributed by atoms with E-state index in [1.165, 1.54) is 0 Å². The highest BCUT2D eigenvalue weighted by Crippen LogP contribution is 2.30. The molecular formula is C17H17N3O3S. The summed E-state index contributed by atoms with van der Waals surface area (Å²) in [6.07, 6.45) is 1.68. The third kappa shape index (κ3) is 3.16. The first-order valence-corrected chi connectivity index (χ1v) is 8.82. The Morgan fingerprint density at radius 2 is 1.92 bits per heavy atom. The van der Waals surface area contributed by atoms with Crippen LogP contribution in [0.4, 0.5) is 0 Å². The Kier molecular flexibility index (Phi) is 4.35. The maximum Gasteiger partial charge on any atom is 0.264 e. The van der Waals surface area contributed by atoms with Crippen LogP contribution in [0.3, 0.4) is 0 Å². The van der Waals surface area contributed by atoms with E-state index in [0.29, 0.717) is 29.3 Å². The average Bonchev–Trinajstić information content (AvgIpc) is 2.83. The fraction of sp³-hybridized carbons (Fsp3) is 0.176. The van der Waals surface area contributed by atoms with Crippen LogP contribution in [0.2, 0.25) is 0 Å². The molecule has 3 rings (SSSR count). The monoisotopic (exact) mass is 343 g/mol. The van der Waals surface area contributed by atoms with Crippen molar-refractivity contribution in [1.82, 2.24) is 9.71 Å². The minimum Gasteiger partial charge on any atom is -0.497 e. The molecule has 1 aromatic heterocycles. The first kappa shape index (κ1) is 16.2. The van der Waals surface area contributed by atoms with Crippen LogP contribution in [0.15, 0.2) is 59.2 Å². The number of nitrogens with one attached hydrogen (secondary N) is 1. The summed E-state index contributed by atoms with van der Waals surface area (Å²) in [6.45, 7) is 2.06. The molecule has 0 saturated heterocycles. The van der Waals surface area contributed by atoms with Crippen molar-refractivity contribution in [3.05, 3.63) is 65.5 Å². The van der Waals surface area contributed by atoms with Crippen molar-refractivity contribution in [2.24, 2.45) is 4.99 Å². The van der Waals surface area contributed by atoms with E-state index < -0.39 is 10.0 Å². The number of aromatic nitrogens is 1. The Balaban J connectivity index is 1.95. The molecule has 124 valence electrons. The van der Waals surface area contributed by atoms with E-state index >= 15 is 0 Å². The number of hydrogen-bond acceptors (Lipinski definition) is 5. The molecule has 7 heteroatoms. The third-order valence-electron chi connectivity index (χ3n) is 3.67. The molecule has 1 aliphatic rings. The summed E-state index contributed by atoms with van der Waals surface area (Å²) >= 11 is 0. The zero-order valence-corrected chi connectivity index (χ0v) is 14.2.